The smallest absolute Gasteiger partial charge is 0.238 e. The molecule has 29 heavy (non-hydrogen) atoms. The summed E-state index contributed by atoms with van der Waals surface area (Å²) in [4.78, 5) is 4.62. The molecule has 0 radical (unpaired) electrons. The number of primary sulfonamides is 1. The second-order valence-corrected chi connectivity index (χ2v) is 7.51. The number of hydrogen-bond acceptors (Lipinski definition) is 4. The Morgan fingerprint density at radius 1 is 1.17 bits per heavy atom. The lowest BCUT2D eigenvalue weighted by molar-refractivity contribution is 0.358. The van der Waals surface area contributed by atoms with E-state index < -0.39 is 10.0 Å². The first-order valence-electron chi connectivity index (χ1n) is 8.89. The highest BCUT2D eigenvalue weighted by molar-refractivity contribution is 14.0. The average Bonchev–Trinajstić information content (AvgIpc) is 2.68. The largest absolute Gasteiger partial charge is 0.489 e. The van der Waals surface area contributed by atoms with Crippen LogP contribution >= 0.6 is 24.0 Å². The van der Waals surface area contributed by atoms with Crippen LogP contribution in [0, 0.1) is 0 Å². The van der Waals surface area contributed by atoms with Crippen molar-refractivity contribution in [1.29, 1.82) is 0 Å². The van der Waals surface area contributed by atoms with Gasteiger partial charge in [0.1, 0.15) is 12.4 Å². The van der Waals surface area contributed by atoms with Gasteiger partial charge in [0.15, 0.2) is 5.96 Å². The van der Waals surface area contributed by atoms with Gasteiger partial charge in [0.2, 0.25) is 10.0 Å². The lowest BCUT2D eigenvalue weighted by Crippen LogP contribution is -2.36. The molecule has 0 saturated heterocycles. The summed E-state index contributed by atoms with van der Waals surface area (Å²) in [6, 6.07) is 14.1. The highest BCUT2D eigenvalue weighted by Crippen LogP contribution is 2.17. The zero-order chi connectivity index (χ0) is 20.4. The van der Waals surface area contributed by atoms with Gasteiger partial charge in [-0.1, -0.05) is 43.0 Å². The third-order valence-corrected chi connectivity index (χ3v) is 4.72. The Labute approximate surface area is 189 Å². The number of ether oxygens (including phenoxy) is 1. The summed E-state index contributed by atoms with van der Waals surface area (Å²) in [6.07, 6.45) is 1.71. The van der Waals surface area contributed by atoms with Crippen molar-refractivity contribution >= 4 is 40.0 Å². The van der Waals surface area contributed by atoms with E-state index in [9.17, 15) is 8.42 Å². The van der Waals surface area contributed by atoms with Crippen LogP contribution in [0.4, 0.5) is 0 Å². The van der Waals surface area contributed by atoms with Crippen LogP contribution in [0.15, 0.2) is 71.1 Å². The Hall–Kier alpha value is -2.11. The van der Waals surface area contributed by atoms with Crippen LogP contribution < -0.4 is 20.5 Å². The maximum atomic E-state index is 11.3. The van der Waals surface area contributed by atoms with Gasteiger partial charge in [-0.05, 0) is 30.7 Å². The molecule has 0 atom stereocenters. The highest BCUT2D eigenvalue weighted by atomic mass is 127. The lowest BCUT2D eigenvalue weighted by atomic mass is 10.2. The van der Waals surface area contributed by atoms with Crippen molar-refractivity contribution in [1.82, 2.24) is 10.6 Å². The zero-order valence-electron chi connectivity index (χ0n) is 16.3. The van der Waals surface area contributed by atoms with E-state index in [1.165, 1.54) is 12.1 Å². The van der Waals surface area contributed by atoms with Crippen LogP contribution in [0.5, 0.6) is 5.75 Å². The molecule has 7 nitrogen and oxygen atoms in total. The molecule has 0 bridgehead atoms. The Morgan fingerprint density at radius 2 is 1.86 bits per heavy atom. The van der Waals surface area contributed by atoms with Gasteiger partial charge in [0.25, 0.3) is 0 Å². The number of halogens is 1. The number of aliphatic imine (C=N–C) groups is 1. The normalized spacial score (nSPS) is 11.3. The number of guanidine groups is 1. The van der Waals surface area contributed by atoms with Gasteiger partial charge >= 0.3 is 0 Å². The van der Waals surface area contributed by atoms with Crippen LogP contribution in [-0.2, 0) is 23.1 Å². The molecule has 0 aliphatic carbocycles. The standard InChI is InChI=1S/C20H26N4O3S.HI/c1-3-13-27-19-8-6-5-7-17(19)15-24-20(22-4-2)23-14-16-9-11-18(12-10-16)28(21,25)26;/h3,5-12H,1,4,13-15H2,2H3,(H2,21,25,26)(H2,22,23,24);1H. The van der Waals surface area contributed by atoms with E-state index in [1.807, 2.05) is 31.2 Å². The van der Waals surface area contributed by atoms with Crippen LogP contribution in [0.25, 0.3) is 0 Å². The Morgan fingerprint density at radius 3 is 2.48 bits per heavy atom. The second-order valence-electron chi connectivity index (χ2n) is 5.95. The summed E-state index contributed by atoms with van der Waals surface area (Å²) >= 11 is 0. The van der Waals surface area contributed by atoms with Crippen molar-refractivity contribution in [3.05, 3.63) is 72.3 Å². The van der Waals surface area contributed by atoms with Gasteiger partial charge in [-0.15, -0.1) is 24.0 Å². The Balaban J connectivity index is 0.00000420. The predicted octanol–water partition coefficient (Wildman–Crippen LogP) is 2.77. The summed E-state index contributed by atoms with van der Waals surface area (Å²) < 4.78 is 28.3. The maximum absolute atomic E-state index is 11.3. The van der Waals surface area contributed by atoms with E-state index in [2.05, 4.69) is 22.2 Å². The fourth-order valence-electron chi connectivity index (χ4n) is 2.41. The number of nitrogens with one attached hydrogen (secondary N) is 2. The summed E-state index contributed by atoms with van der Waals surface area (Å²) in [6.45, 7) is 7.75. The molecule has 2 rings (SSSR count). The van der Waals surface area contributed by atoms with Crippen molar-refractivity contribution in [3.8, 4) is 5.75 Å². The Kier molecular flexibility index (Phi) is 10.7. The van der Waals surface area contributed by atoms with Gasteiger partial charge in [0, 0.05) is 18.7 Å². The molecule has 2 aromatic rings. The lowest BCUT2D eigenvalue weighted by Gasteiger charge is -2.14. The van der Waals surface area contributed by atoms with E-state index in [0.29, 0.717) is 32.2 Å². The zero-order valence-corrected chi connectivity index (χ0v) is 19.4. The molecular formula is C20H27IN4O3S. The summed E-state index contributed by atoms with van der Waals surface area (Å²) in [5.74, 6) is 1.45. The van der Waals surface area contributed by atoms with E-state index in [4.69, 9.17) is 9.88 Å². The highest BCUT2D eigenvalue weighted by Gasteiger charge is 2.07. The molecule has 4 N–H and O–H groups in total. The Bertz CT molecular complexity index is 916. The molecule has 2 aromatic carbocycles. The molecule has 0 amide bonds. The topological polar surface area (TPSA) is 106 Å². The van der Waals surface area contributed by atoms with Crippen molar-refractivity contribution in [2.24, 2.45) is 10.1 Å². The number of sulfonamides is 1. The average molecular weight is 530 g/mol. The minimum Gasteiger partial charge on any atom is -0.489 e. The number of para-hydroxylation sites is 1. The molecular weight excluding hydrogens is 503 g/mol. The maximum Gasteiger partial charge on any atom is 0.238 e. The number of rotatable bonds is 9. The fourth-order valence-corrected chi connectivity index (χ4v) is 2.93. The third-order valence-electron chi connectivity index (χ3n) is 3.79. The first-order chi connectivity index (χ1) is 13.4. The van der Waals surface area contributed by atoms with Crippen LogP contribution in [-0.4, -0.2) is 27.5 Å². The third kappa shape index (κ3) is 8.42. The summed E-state index contributed by atoms with van der Waals surface area (Å²) in [5.41, 5.74) is 1.88. The number of benzene rings is 2. The molecule has 9 heteroatoms. The SMILES string of the molecule is C=CCOc1ccccc1CNC(=NCc1ccc(S(N)(=O)=O)cc1)NCC.I. The van der Waals surface area contributed by atoms with Crippen LogP contribution in [0.1, 0.15) is 18.1 Å². The molecule has 0 aromatic heterocycles. The van der Waals surface area contributed by atoms with Gasteiger partial charge in [0.05, 0.1) is 11.4 Å². The summed E-state index contributed by atoms with van der Waals surface area (Å²) in [7, 11) is -3.69. The second kappa shape index (κ2) is 12.5. The molecule has 0 aliphatic rings. The van der Waals surface area contributed by atoms with E-state index >= 15 is 0 Å². The number of nitrogens with two attached hydrogens (primary N) is 1. The van der Waals surface area contributed by atoms with Crippen LogP contribution in [0.3, 0.4) is 0 Å². The first kappa shape index (κ1) is 24.9. The molecule has 0 fully saturated rings. The minimum absolute atomic E-state index is 0. The molecule has 0 unspecified atom stereocenters. The van der Waals surface area contributed by atoms with Crippen molar-refractivity contribution in [2.75, 3.05) is 13.2 Å². The molecule has 0 saturated carbocycles. The predicted molar refractivity (Wildman–Crippen MR) is 127 cm³/mol. The van der Waals surface area contributed by atoms with Crippen molar-refractivity contribution in [3.63, 3.8) is 0 Å². The monoisotopic (exact) mass is 530 g/mol. The van der Waals surface area contributed by atoms with E-state index in [-0.39, 0.29) is 28.9 Å². The number of hydrogen-bond donors (Lipinski definition) is 3. The quantitative estimate of drug-likeness (QED) is 0.200. The fraction of sp³-hybridized carbons (Fsp3) is 0.250. The van der Waals surface area contributed by atoms with E-state index in [1.54, 1.807) is 18.2 Å². The summed E-state index contributed by atoms with van der Waals surface area (Å²) in [5, 5.41) is 11.6. The van der Waals surface area contributed by atoms with Gasteiger partial charge < -0.3 is 15.4 Å². The van der Waals surface area contributed by atoms with Crippen LogP contribution in [0.2, 0.25) is 0 Å². The molecule has 0 spiro atoms. The minimum atomic E-state index is -3.69. The van der Waals surface area contributed by atoms with Gasteiger partial charge in [-0.2, -0.15) is 0 Å². The molecule has 158 valence electrons. The van der Waals surface area contributed by atoms with E-state index in [0.717, 1.165) is 16.9 Å². The molecule has 0 aliphatic heterocycles. The first-order valence-corrected chi connectivity index (χ1v) is 10.4. The number of nitrogens with zero attached hydrogens (tertiary/aromatic N) is 1. The van der Waals surface area contributed by atoms with Crippen molar-refractivity contribution in [2.45, 2.75) is 24.9 Å². The van der Waals surface area contributed by atoms with Gasteiger partial charge in [-0.25, -0.2) is 18.5 Å². The van der Waals surface area contributed by atoms with Gasteiger partial charge in [-0.3, -0.25) is 0 Å². The molecule has 0 heterocycles. The van der Waals surface area contributed by atoms with Crippen molar-refractivity contribution < 1.29 is 13.2 Å².